The number of imide groups is 1. The minimum absolute atomic E-state index is 0.0185. The van der Waals surface area contributed by atoms with Gasteiger partial charge in [-0.05, 0) is 24.8 Å². The summed E-state index contributed by atoms with van der Waals surface area (Å²) in [6.07, 6.45) is 5.80. The first-order chi connectivity index (χ1) is 14.5. The fourth-order valence-corrected chi connectivity index (χ4v) is 4.69. The Hall–Kier alpha value is -2.96. The van der Waals surface area contributed by atoms with E-state index in [1.54, 1.807) is 6.20 Å². The molecular formula is C23H26N2O5. The number of H-pyrrole nitrogens is 1. The molecule has 1 saturated heterocycles. The van der Waals surface area contributed by atoms with Crippen molar-refractivity contribution < 1.29 is 23.9 Å². The number of ether oxygens (including phenoxy) is 1. The van der Waals surface area contributed by atoms with Gasteiger partial charge in [0.2, 0.25) is 17.6 Å². The molecule has 1 aliphatic heterocycles. The van der Waals surface area contributed by atoms with Crippen molar-refractivity contribution in [3.05, 3.63) is 35.5 Å². The lowest BCUT2D eigenvalue weighted by atomic mass is 9.81. The smallest absolute Gasteiger partial charge is 0.308 e. The molecule has 1 N–H and O–H groups in total. The molecule has 2 aliphatic rings. The molecule has 7 heteroatoms. The quantitative estimate of drug-likeness (QED) is 0.430. The van der Waals surface area contributed by atoms with Gasteiger partial charge in [0, 0.05) is 29.2 Å². The number of aromatic nitrogens is 1. The topological polar surface area (TPSA) is 96.5 Å². The van der Waals surface area contributed by atoms with E-state index in [-0.39, 0.29) is 49.0 Å². The molecule has 0 spiro atoms. The fourth-order valence-electron chi connectivity index (χ4n) is 4.69. The second-order valence-electron chi connectivity index (χ2n) is 8.06. The van der Waals surface area contributed by atoms with Crippen molar-refractivity contribution in [2.75, 3.05) is 13.2 Å². The van der Waals surface area contributed by atoms with Gasteiger partial charge in [-0.25, -0.2) is 0 Å². The number of ketones is 1. The Morgan fingerprint density at radius 3 is 2.50 bits per heavy atom. The Bertz CT molecular complexity index is 984. The summed E-state index contributed by atoms with van der Waals surface area (Å²) >= 11 is 0. The van der Waals surface area contributed by atoms with Crippen LogP contribution in [0.5, 0.6) is 0 Å². The van der Waals surface area contributed by atoms with E-state index in [2.05, 4.69) is 4.98 Å². The second-order valence-corrected chi connectivity index (χ2v) is 8.06. The lowest BCUT2D eigenvalue weighted by Crippen LogP contribution is -2.33. The molecule has 30 heavy (non-hydrogen) atoms. The predicted octanol–water partition coefficient (Wildman–Crippen LogP) is 3.02. The number of hydrogen-bond acceptors (Lipinski definition) is 5. The summed E-state index contributed by atoms with van der Waals surface area (Å²) in [4.78, 5) is 53.9. The Kier molecular flexibility index (Phi) is 5.70. The third-order valence-electron chi connectivity index (χ3n) is 6.32. The van der Waals surface area contributed by atoms with E-state index in [0.29, 0.717) is 5.56 Å². The van der Waals surface area contributed by atoms with E-state index < -0.39 is 5.97 Å². The zero-order valence-electron chi connectivity index (χ0n) is 17.1. The standard InChI is InChI=1S/C23H26N2O5/c1-2-14-6-5-9-15-18(12-24-21(14)15)19(26)13-30-20(27)10-11-25-22(28)16-7-3-4-8-17(16)23(25)29/h5-6,9,12,16-17,24H,2-4,7-8,10-11,13H2,1H3/t16-,17-/m0/s1. The fraction of sp³-hybridized carbons (Fsp3) is 0.478. The van der Waals surface area contributed by atoms with Gasteiger partial charge >= 0.3 is 5.97 Å². The lowest BCUT2D eigenvalue weighted by molar-refractivity contribution is -0.145. The number of hydrogen-bond donors (Lipinski definition) is 1. The van der Waals surface area contributed by atoms with Gasteiger partial charge in [-0.15, -0.1) is 0 Å². The van der Waals surface area contributed by atoms with Crippen LogP contribution in [0.4, 0.5) is 0 Å². The van der Waals surface area contributed by atoms with Gasteiger partial charge in [0.25, 0.3) is 0 Å². The summed E-state index contributed by atoms with van der Waals surface area (Å²) in [7, 11) is 0. The number of Topliss-reactive ketones (excluding diaryl/α,β-unsaturated/α-hetero) is 1. The van der Waals surface area contributed by atoms with E-state index in [4.69, 9.17) is 4.74 Å². The van der Waals surface area contributed by atoms with Crippen molar-refractivity contribution in [1.29, 1.82) is 0 Å². The highest BCUT2D eigenvalue weighted by Gasteiger charge is 2.47. The maximum atomic E-state index is 12.5. The van der Waals surface area contributed by atoms with Crippen LogP contribution in [-0.2, 0) is 25.5 Å². The minimum Gasteiger partial charge on any atom is -0.457 e. The van der Waals surface area contributed by atoms with Crippen molar-refractivity contribution in [2.24, 2.45) is 11.8 Å². The Balaban J connectivity index is 1.32. The Morgan fingerprint density at radius 1 is 1.13 bits per heavy atom. The second kappa shape index (κ2) is 8.42. The molecule has 0 bridgehead atoms. The molecule has 2 amide bonds. The molecule has 1 aromatic carbocycles. The van der Waals surface area contributed by atoms with Crippen LogP contribution >= 0.6 is 0 Å². The van der Waals surface area contributed by atoms with Gasteiger partial charge in [-0.2, -0.15) is 0 Å². The van der Waals surface area contributed by atoms with Crippen LogP contribution in [0.3, 0.4) is 0 Å². The molecule has 1 saturated carbocycles. The van der Waals surface area contributed by atoms with E-state index in [1.807, 2.05) is 25.1 Å². The summed E-state index contributed by atoms with van der Waals surface area (Å²) in [5, 5.41) is 0.811. The van der Waals surface area contributed by atoms with Crippen LogP contribution in [0.1, 0.15) is 54.9 Å². The zero-order chi connectivity index (χ0) is 21.3. The number of nitrogens with one attached hydrogen (secondary N) is 1. The monoisotopic (exact) mass is 410 g/mol. The first-order valence-electron chi connectivity index (χ1n) is 10.6. The van der Waals surface area contributed by atoms with Gasteiger partial charge in [0.15, 0.2) is 6.61 Å². The predicted molar refractivity (Wildman–Crippen MR) is 110 cm³/mol. The number of aryl methyl sites for hydroxylation is 1. The van der Waals surface area contributed by atoms with Crippen LogP contribution < -0.4 is 0 Å². The van der Waals surface area contributed by atoms with E-state index in [0.717, 1.165) is 48.6 Å². The summed E-state index contributed by atoms with van der Waals surface area (Å²) in [6, 6.07) is 5.77. The van der Waals surface area contributed by atoms with Crippen molar-refractivity contribution in [1.82, 2.24) is 9.88 Å². The normalized spacial score (nSPS) is 21.2. The molecule has 2 aromatic rings. The minimum atomic E-state index is -0.590. The third kappa shape index (κ3) is 3.64. The highest BCUT2D eigenvalue weighted by molar-refractivity contribution is 6.09. The molecule has 0 radical (unpaired) electrons. The zero-order valence-corrected chi connectivity index (χ0v) is 17.1. The van der Waals surface area contributed by atoms with Crippen LogP contribution in [0.2, 0.25) is 0 Å². The van der Waals surface area contributed by atoms with Crippen LogP contribution in [-0.4, -0.2) is 46.6 Å². The maximum Gasteiger partial charge on any atom is 0.308 e. The number of amides is 2. The summed E-state index contributed by atoms with van der Waals surface area (Å²) in [6.45, 7) is 1.70. The first-order valence-corrected chi connectivity index (χ1v) is 10.6. The van der Waals surface area contributed by atoms with E-state index >= 15 is 0 Å². The first kappa shape index (κ1) is 20.3. The molecule has 2 atom stereocenters. The molecule has 2 fully saturated rings. The number of aromatic amines is 1. The molecule has 1 aliphatic carbocycles. The highest BCUT2D eigenvalue weighted by Crippen LogP contribution is 2.38. The summed E-state index contributed by atoms with van der Waals surface area (Å²) < 4.78 is 5.13. The van der Waals surface area contributed by atoms with Crippen LogP contribution in [0.25, 0.3) is 10.9 Å². The number of likely N-dealkylation sites (tertiary alicyclic amines) is 1. The van der Waals surface area contributed by atoms with Gasteiger partial charge in [-0.3, -0.25) is 24.1 Å². The van der Waals surface area contributed by atoms with Gasteiger partial charge in [0.1, 0.15) is 0 Å². The molecule has 7 nitrogen and oxygen atoms in total. The summed E-state index contributed by atoms with van der Waals surface area (Å²) in [5.74, 6) is -1.66. The number of benzene rings is 1. The Labute approximate surface area is 174 Å². The third-order valence-corrected chi connectivity index (χ3v) is 6.32. The van der Waals surface area contributed by atoms with Gasteiger partial charge in [-0.1, -0.05) is 38.0 Å². The SMILES string of the molecule is CCc1cccc2c(C(=O)COC(=O)CCN3C(=O)[C@H]4CCCC[C@@H]4C3=O)c[nH]c12. The van der Waals surface area contributed by atoms with Crippen molar-refractivity contribution in [3.63, 3.8) is 0 Å². The number of para-hydroxylation sites is 1. The maximum absolute atomic E-state index is 12.5. The number of esters is 1. The van der Waals surface area contributed by atoms with Gasteiger partial charge in [0.05, 0.1) is 18.3 Å². The van der Waals surface area contributed by atoms with Crippen LogP contribution in [0.15, 0.2) is 24.4 Å². The molecule has 0 unspecified atom stereocenters. The average molecular weight is 410 g/mol. The molecule has 4 rings (SSSR count). The number of carbonyl (C=O) groups excluding carboxylic acids is 4. The van der Waals surface area contributed by atoms with Gasteiger partial charge < -0.3 is 9.72 Å². The Morgan fingerprint density at radius 2 is 1.83 bits per heavy atom. The number of fused-ring (bicyclic) bond motifs is 2. The highest BCUT2D eigenvalue weighted by atomic mass is 16.5. The van der Waals surface area contributed by atoms with Crippen LogP contribution in [0, 0.1) is 11.8 Å². The number of carbonyl (C=O) groups is 4. The number of rotatable bonds is 7. The van der Waals surface area contributed by atoms with Crippen molar-refractivity contribution in [2.45, 2.75) is 45.4 Å². The molecule has 158 valence electrons. The van der Waals surface area contributed by atoms with E-state index in [9.17, 15) is 19.2 Å². The van der Waals surface area contributed by atoms with E-state index in [1.165, 1.54) is 4.90 Å². The summed E-state index contributed by atoms with van der Waals surface area (Å²) in [5.41, 5.74) is 2.52. The van der Waals surface area contributed by atoms with Crippen molar-refractivity contribution >= 4 is 34.5 Å². The largest absolute Gasteiger partial charge is 0.457 e. The molecule has 1 aromatic heterocycles. The molecule has 2 heterocycles. The molecular weight excluding hydrogens is 384 g/mol. The lowest BCUT2D eigenvalue weighted by Gasteiger charge is -2.19. The number of nitrogens with zero attached hydrogens (tertiary/aromatic N) is 1. The van der Waals surface area contributed by atoms with Crippen molar-refractivity contribution in [3.8, 4) is 0 Å². The average Bonchev–Trinajstić information content (AvgIpc) is 3.30.